The van der Waals surface area contributed by atoms with Crippen molar-refractivity contribution in [3.05, 3.63) is 23.8 Å². The fourth-order valence-electron chi connectivity index (χ4n) is 5.21. The van der Waals surface area contributed by atoms with Crippen LogP contribution >= 0.6 is 0 Å². The Morgan fingerprint density at radius 2 is 1.67 bits per heavy atom. The molecule has 1 N–H and O–H groups in total. The molecule has 0 aromatic heterocycles. The fourth-order valence-corrected chi connectivity index (χ4v) is 5.21. The van der Waals surface area contributed by atoms with E-state index in [1.54, 1.807) is 4.90 Å². The molecule has 0 bridgehead atoms. The predicted molar refractivity (Wildman–Crippen MR) is 106 cm³/mol. The molecule has 1 aliphatic carbocycles. The van der Waals surface area contributed by atoms with Crippen molar-refractivity contribution in [1.82, 2.24) is 9.80 Å². The van der Waals surface area contributed by atoms with Crippen LogP contribution in [0.1, 0.15) is 31.2 Å². The van der Waals surface area contributed by atoms with Gasteiger partial charge in [0.2, 0.25) is 24.5 Å². The molecule has 160 valence electrons. The molecule has 5 rings (SSSR count). The van der Waals surface area contributed by atoms with E-state index in [2.05, 4.69) is 6.07 Å². The molecule has 3 amide bonds. The van der Waals surface area contributed by atoms with E-state index in [-0.39, 0.29) is 42.9 Å². The molecule has 1 aromatic carbocycles. The van der Waals surface area contributed by atoms with Gasteiger partial charge in [0.25, 0.3) is 0 Å². The molecule has 0 spiro atoms. The first-order valence-corrected chi connectivity index (χ1v) is 11.0. The highest BCUT2D eigenvalue weighted by Gasteiger charge is 2.48. The molecule has 3 fully saturated rings. The van der Waals surface area contributed by atoms with Gasteiger partial charge in [-0.25, -0.2) is 0 Å². The summed E-state index contributed by atoms with van der Waals surface area (Å²) >= 11 is 0. The van der Waals surface area contributed by atoms with Crippen LogP contribution in [0.2, 0.25) is 0 Å². The highest BCUT2D eigenvalue weighted by molar-refractivity contribution is 6.07. The average molecular weight is 414 g/mol. The van der Waals surface area contributed by atoms with Gasteiger partial charge in [-0.1, -0.05) is 12.8 Å². The molecule has 4 aliphatic rings. The summed E-state index contributed by atoms with van der Waals surface area (Å²) in [5.41, 5.74) is 1.19. The van der Waals surface area contributed by atoms with Crippen molar-refractivity contribution in [3.8, 4) is 11.5 Å². The van der Waals surface area contributed by atoms with Crippen LogP contribution in [0.4, 0.5) is 0 Å². The van der Waals surface area contributed by atoms with Crippen LogP contribution in [0, 0.1) is 11.8 Å². The van der Waals surface area contributed by atoms with E-state index in [1.807, 2.05) is 12.1 Å². The van der Waals surface area contributed by atoms with Crippen LogP contribution in [0.5, 0.6) is 11.5 Å². The monoisotopic (exact) mass is 414 g/mol. The van der Waals surface area contributed by atoms with Gasteiger partial charge in [0, 0.05) is 5.56 Å². The van der Waals surface area contributed by atoms with Gasteiger partial charge in [-0.3, -0.25) is 19.3 Å². The van der Waals surface area contributed by atoms with Gasteiger partial charge in [0.1, 0.15) is 13.1 Å². The number of quaternary nitrogens is 1. The number of fused-ring (bicyclic) bond motifs is 2. The Balaban J connectivity index is 1.13. The van der Waals surface area contributed by atoms with Crippen LogP contribution in [0.15, 0.2) is 18.2 Å². The van der Waals surface area contributed by atoms with Gasteiger partial charge in [0.05, 0.1) is 38.0 Å². The zero-order chi connectivity index (χ0) is 20.7. The quantitative estimate of drug-likeness (QED) is 0.692. The number of likely N-dealkylation sites (tertiary alicyclic amines) is 1. The first-order chi connectivity index (χ1) is 14.6. The SMILES string of the molecule is O=C(CN1C(=O)[C@H]2CCCC[C@@H]2C1=O)N1CC[NH+](Cc2ccc3c(c2)OCO3)CC1. The molecule has 2 atom stereocenters. The van der Waals surface area contributed by atoms with Gasteiger partial charge >= 0.3 is 0 Å². The van der Waals surface area contributed by atoms with Crippen molar-refractivity contribution < 1.29 is 28.8 Å². The van der Waals surface area contributed by atoms with Crippen molar-refractivity contribution >= 4 is 17.7 Å². The van der Waals surface area contributed by atoms with E-state index >= 15 is 0 Å². The van der Waals surface area contributed by atoms with E-state index < -0.39 is 0 Å². The van der Waals surface area contributed by atoms with E-state index in [1.165, 1.54) is 15.4 Å². The maximum absolute atomic E-state index is 12.8. The fraction of sp³-hybridized carbons (Fsp3) is 0.591. The number of amides is 3. The number of benzene rings is 1. The van der Waals surface area contributed by atoms with E-state index in [0.717, 1.165) is 56.8 Å². The lowest BCUT2D eigenvalue weighted by atomic mass is 9.81. The topological polar surface area (TPSA) is 80.6 Å². The van der Waals surface area contributed by atoms with Crippen LogP contribution in [0.25, 0.3) is 0 Å². The number of hydrogen-bond donors (Lipinski definition) is 1. The average Bonchev–Trinajstić information content (AvgIpc) is 3.33. The maximum atomic E-state index is 12.8. The van der Waals surface area contributed by atoms with Crippen LogP contribution in [0.3, 0.4) is 0 Å². The first-order valence-electron chi connectivity index (χ1n) is 11.0. The van der Waals surface area contributed by atoms with Crippen LogP contribution in [-0.2, 0) is 20.9 Å². The third-order valence-corrected chi connectivity index (χ3v) is 6.94. The van der Waals surface area contributed by atoms with Gasteiger partial charge in [-0.15, -0.1) is 0 Å². The number of rotatable bonds is 4. The minimum Gasteiger partial charge on any atom is -0.454 e. The van der Waals surface area contributed by atoms with E-state index in [9.17, 15) is 14.4 Å². The number of carbonyl (C=O) groups excluding carboxylic acids is 3. The largest absolute Gasteiger partial charge is 0.454 e. The Morgan fingerprint density at radius 1 is 1.00 bits per heavy atom. The molecule has 0 radical (unpaired) electrons. The molecule has 8 nitrogen and oxygen atoms in total. The second-order valence-corrected chi connectivity index (χ2v) is 8.76. The summed E-state index contributed by atoms with van der Waals surface area (Å²) in [4.78, 5) is 42.4. The zero-order valence-electron chi connectivity index (χ0n) is 17.1. The number of hydrogen-bond acceptors (Lipinski definition) is 5. The summed E-state index contributed by atoms with van der Waals surface area (Å²) in [7, 11) is 0. The number of imide groups is 1. The Hall–Kier alpha value is -2.61. The van der Waals surface area contributed by atoms with Gasteiger partial charge < -0.3 is 19.3 Å². The number of nitrogens with zero attached hydrogens (tertiary/aromatic N) is 2. The molecular weight excluding hydrogens is 386 g/mol. The Kier molecular flexibility index (Phi) is 5.10. The summed E-state index contributed by atoms with van der Waals surface area (Å²) in [5, 5.41) is 0. The Morgan fingerprint density at radius 3 is 2.37 bits per heavy atom. The number of carbonyl (C=O) groups is 3. The van der Waals surface area contributed by atoms with Crippen molar-refractivity contribution in [3.63, 3.8) is 0 Å². The minimum atomic E-state index is -0.193. The maximum Gasteiger partial charge on any atom is 0.243 e. The minimum absolute atomic E-state index is 0.0951. The number of nitrogens with one attached hydrogen (secondary N) is 1. The molecule has 30 heavy (non-hydrogen) atoms. The second kappa shape index (κ2) is 7.91. The number of piperazine rings is 1. The van der Waals surface area contributed by atoms with Gasteiger partial charge in [-0.05, 0) is 31.0 Å². The van der Waals surface area contributed by atoms with Gasteiger partial charge in [0.15, 0.2) is 11.5 Å². The summed E-state index contributed by atoms with van der Waals surface area (Å²) in [6.45, 7) is 4.01. The lowest BCUT2D eigenvalue weighted by Crippen LogP contribution is -3.13. The first kappa shape index (κ1) is 19.4. The van der Waals surface area contributed by atoms with Crippen molar-refractivity contribution in [2.45, 2.75) is 32.2 Å². The zero-order valence-corrected chi connectivity index (χ0v) is 17.1. The standard InChI is InChI=1S/C22H27N3O5/c26-20(13-25-21(27)16-3-1-2-4-17(16)22(25)28)24-9-7-23(8-10-24)12-15-5-6-18-19(11-15)30-14-29-18/h5-6,11,16-17H,1-4,7-10,12-14H2/p+1/t16-,17-/m0/s1. The van der Waals surface area contributed by atoms with Crippen molar-refractivity contribution in [2.24, 2.45) is 11.8 Å². The van der Waals surface area contributed by atoms with Crippen LogP contribution < -0.4 is 14.4 Å². The molecule has 2 saturated heterocycles. The van der Waals surface area contributed by atoms with Crippen LogP contribution in [-0.4, -0.2) is 67.0 Å². The smallest absolute Gasteiger partial charge is 0.243 e. The third kappa shape index (κ3) is 3.53. The summed E-state index contributed by atoms with van der Waals surface area (Å²) < 4.78 is 10.8. The highest BCUT2D eigenvalue weighted by atomic mass is 16.7. The molecular formula is C22H28N3O5+. The molecule has 3 heterocycles. The molecule has 1 aromatic rings. The molecule has 8 heteroatoms. The molecule has 1 saturated carbocycles. The summed E-state index contributed by atoms with van der Waals surface area (Å²) in [6.07, 6.45) is 3.55. The normalized spacial score (nSPS) is 26.3. The Labute approximate surface area is 175 Å². The van der Waals surface area contributed by atoms with Crippen molar-refractivity contribution in [2.75, 3.05) is 39.5 Å². The molecule has 0 unspecified atom stereocenters. The molecule has 3 aliphatic heterocycles. The summed E-state index contributed by atoms with van der Waals surface area (Å²) in [5.74, 6) is 0.813. The third-order valence-electron chi connectivity index (χ3n) is 6.94. The Bertz CT molecular complexity index is 840. The predicted octanol–water partition coefficient (Wildman–Crippen LogP) is -0.182. The summed E-state index contributed by atoms with van der Waals surface area (Å²) in [6, 6.07) is 6.03. The van der Waals surface area contributed by atoms with Gasteiger partial charge in [-0.2, -0.15) is 0 Å². The van der Waals surface area contributed by atoms with E-state index in [4.69, 9.17) is 9.47 Å². The lowest BCUT2D eigenvalue weighted by molar-refractivity contribution is -0.917. The highest BCUT2D eigenvalue weighted by Crippen LogP contribution is 2.38. The lowest BCUT2D eigenvalue weighted by Gasteiger charge is -2.33. The second-order valence-electron chi connectivity index (χ2n) is 8.76. The van der Waals surface area contributed by atoms with Crippen molar-refractivity contribution in [1.29, 1.82) is 0 Å². The number of ether oxygens (including phenoxy) is 2. The van der Waals surface area contributed by atoms with E-state index in [0.29, 0.717) is 13.1 Å².